The Kier molecular flexibility index (Phi) is 5.75. The molecule has 1 N–H and O–H groups in total. The predicted octanol–water partition coefficient (Wildman–Crippen LogP) is 1.22. The van der Waals surface area contributed by atoms with E-state index in [4.69, 9.17) is 14.2 Å². The van der Waals surface area contributed by atoms with Gasteiger partial charge >= 0.3 is 0 Å². The van der Waals surface area contributed by atoms with Gasteiger partial charge in [0.25, 0.3) is 11.8 Å². The first kappa shape index (κ1) is 17.5. The van der Waals surface area contributed by atoms with Crippen molar-refractivity contribution in [2.24, 2.45) is 0 Å². The molecule has 7 nitrogen and oxygen atoms in total. The van der Waals surface area contributed by atoms with Crippen LogP contribution in [0.3, 0.4) is 0 Å². The van der Waals surface area contributed by atoms with Crippen LogP contribution in [-0.4, -0.2) is 62.3 Å². The van der Waals surface area contributed by atoms with Gasteiger partial charge in [-0.1, -0.05) is 0 Å². The summed E-state index contributed by atoms with van der Waals surface area (Å²) in [6.45, 7) is 4.53. The van der Waals surface area contributed by atoms with Crippen molar-refractivity contribution in [3.8, 4) is 11.5 Å². The van der Waals surface area contributed by atoms with Crippen LogP contribution in [0, 0.1) is 0 Å². The summed E-state index contributed by atoms with van der Waals surface area (Å²) < 4.78 is 16.5. The molecule has 2 amide bonds. The maximum absolute atomic E-state index is 12.2. The summed E-state index contributed by atoms with van der Waals surface area (Å²) in [6, 6.07) is 5.33. The number of carbonyl (C=O) groups is 2. The van der Waals surface area contributed by atoms with Crippen LogP contribution in [0.25, 0.3) is 0 Å². The van der Waals surface area contributed by atoms with E-state index < -0.39 is 0 Å². The molecule has 1 aromatic carbocycles. The average molecular weight is 348 g/mol. The molecule has 7 heteroatoms. The number of hydrogen-bond donors (Lipinski definition) is 1. The third-order valence-electron chi connectivity index (χ3n) is 4.13. The number of nitrogens with one attached hydrogen (secondary N) is 1. The number of morpholine rings is 1. The van der Waals surface area contributed by atoms with Crippen LogP contribution in [0.15, 0.2) is 18.2 Å². The molecule has 1 saturated carbocycles. The van der Waals surface area contributed by atoms with Crippen molar-refractivity contribution in [1.82, 2.24) is 10.2 Å². The van der Waals surface area contributed by atoms with E-state index in [1.165, 1.54) is 0 Å². The Morgan fingerprint density at radius 2 is 1.96 bits per heavy atom. The molecule has 1 aliphatic carbocycles. The molecule has 1 saturated heterocycles. The van der Waals surface area contributed by atoms with Gasteiger partial charge in [0, 0.05) is 24.7 Å². The molecule has 136 valence electrons. The molecule has 3 rings (SSSR count). The Morgan fingerprint density at radius 1 is 1.20 bits per heavy atom. The number of hydrogen-bond acceptors (Lipinski definition) is 5. The van der Waals surface area contributed by atoms with Gasteiger partial charge in [-0.2, -0.15) is 0 Å². The molecule has 1 heterocycles. The lowest BCUT2D eigenvalue weighted by Crippen LogP contribution is -2.43. The maximum Gasteiger partial charge on any atom is 0.260 e. The minimum absolute atomic E-state index is 0.0618. The Bertz CT molecular complexity index is 624. The summed E-state index contributed by atoms with van der Waals surface area (Å²) in [5.41, 5.74) is 0.530. The van der Waals surface area contributed by atoms with Crippen molar-refractivity contribution in [3.63, 3.8) is 0 Å². The molecule has 2 fully saturated rings. The molecular formula is C18H24N2O5. The zero-order valence-corrected chi connectivity index (χ0v) is 14.5. The topological polar surface area (TPSA) is 77.1 Å². The van der Waals surface area contributed by atoms with Crippen LogP contribution in [0.1, 0.15) is 30.1 Å². The van der Waals surface area contributed by atoms with Gasteiger partial charge < -0.3 is 24.4 Å². The summed E-state index contributed by atoms with van der Waals surface area (Å²) >= 11 is 0. The SMILES string of the molecule is CCOc1cc(C(=O)NC2CC2)ccc1OCC(=O)N1CCOCC1. The lowest BCUT2D eigenvalue weighted by atomic mass is 10.2. The van der Waals surface area contributed by atoms with Crippen LogP contribution < -0.4 is 14.8 Å². The zero-order valence-electron chi connectivity index (χ0n) is 14.5. The molecule has 0 spiro atoms. The first-order chi connectivity index (χ1) is 12.2. The van der Waals surface area contributed by atoms with Crippen molar-refractivity contribution < 1.29 is 23.8 Å². The number of rotatable bonds is 7. The van der Waals surface area contributed by atoms with E-state index in [2.05, 4.69) is 5.32 Å². The van der Waals surface area contributed by atoms with Crippen LogP contribution in [-0.2, 0) is 9.53 Å². The van der Waals surface area contributed by atoms with E-state index in [1.54, 1.807) is 23.1 Å². The molecule has 0 atom stereocenters. The van der Waals surface area contributed by atoms with Gasteiger partial charge in [0.1, 0.15) is 0 Å². The number of benzene rings is 1. The van der Waals surface area contributed by atoms with Gasteiger partial charge in [0.15, 0.2) is 18.1 Å². The molecule has 0 unspecified atom stereocenters. The molecule has 2 aliphatic rings. The van der Waals surface area contributed by atoms with E-state index >= 15 is 0 Å². The highest BCUT2D eigenvalue weighted by atomic mass is 16.5. The van der Waals surface area contributed by atoms with Gasteiger partial charge in [-0.15, -0.1) is 0 Å². The summed E-state index contributed by atoms with van der Waals surface area (Å²) in [6.07, 6.45) is 2.07. The minimum atomic E-state index is -0.112. The normalized spacial score (nSPS) is 17.1. The molecule has 25 heavy (non-hydrogen) atoms. The number of amides is 2. The second-order valence-electron chi connectivity index (χ2n) is 6.12. The maximum atomic E-state index is 12.2. The van der Waals surface area contributed by atoms with E-state index in [0.29, 0.717) is 56.0 Å². The predicted molar refractivity (Wildman–Crippen MR) is 91.0 cm³/mol. The summed E-state index contributed by atoms with van der Waals surface area (Å²) in [7, 11) is 0. The highest BCUT2D eigenvalue weighted by Gasteiger charge is 2.24. The molecule has 1 aromatic rings. The first-order valence-electron chi connectivity index (χ1n) is 8.73. The van der Waals surface area contributed by atoms with Gasteiger partial charge in [0.2, 0.25) is 0 Å². The largest absolute Gasteiger partial charge is 0.490 e. The van der Waals surface area contributed by atoms with Crippen molar-refractivity contribution in [2.45, 2.75) is 25.8 Å². The van der Waals surface area contributed by atoms with E-state index in [9.17, 15) is 9.59 Å². The fourth-order valence-corrected chi connectivity index (χ4v) is 2.58. The summed E-state index contributed by atoms with van der Waals surface area (Å²) in [5, 5.41) is 2.94. The van der Waals surface area contributed by atoms with Crippen molar-refractivity contribution in [3.05, 3.63) is 23.8 Å². The van der Waals surface area contributed by atoms with E-state index in [1.807, 2.05) is 6.92 Å². The standard InChI is InChI=1S/C18H24N2O5/c1-2-24-16-11-13(18(22)19-14-4-5-14)3-6-15(16)25-12-17(21)20-7-9-23-10-8-20/h3,6,11,14H,2,4-5,7-10,12H2,1H3,(H,19,22). The Labute approximate surface area is 147 Å². The number of carbonyl (C=O) groups excluding carboxylic acids is 2. The van der Waals surface area contributed by atoms with Gasteiger partial charge in [-0.05, 0) is 38.0 Å². The molecule has 0 aromatic heterocycles. The van der Waals surface area contributed by atoms with Gasteiger partial charge in [0.05, 0.1) is 19.8 Å². The lowest BCUT2D eigenvalue weighted by Gasteiger charge is -2.26. The van der Waals surface area contributed by atoms with Crippen molar-refractivity contribution >= 4 is 11.8 Å². The van der Waals surface area contributed by atoms with Crippen LogP contribution >= 0.6 is 0 Å². The average Bonchev–Trinajstić information content (AvgIpc) is 3.45. The first-order valence-corrected chi connectivity index (χ1v) is 8.73. The quantitative estimate of drug-likeness (QED) is 0.802. The minimum Gasteiger partial charge on any atom is -0.490 e. The van der Waals surface area contributed by atoms with E-state index in [0.717, 1.165) is 12.8 Å². The van der Waals surface area contributed by atoms with Gasteiger partial charge in [-0.3, -0.25) is 9.59 Å². The Balaban J connectivity index is 1.62. The monoisotopic (exact) mass is 348 g/mol. The highest BCUT2D eigenvalue weighted by Crippen LogP contribution is 2.29. The highest BCUT2D eigenvalue weighted by molar-refractivity contribution is 5.95. The molecule has 0 radical (unpaired) electrons. The third-order valence-corrected chi connectivity index (χ3v) is 4.13. The fraction of sp³-hybridized carbons (Fsp3) is 0.556. The number of nitrogens with zero attached hydrogens (tertiary/aromatic N) is 1. The lowest BCUT2D eigenvalue weighted by molar-refractivity contribution is -0.137. The molecular weight excluding hydrogens is 324 g/mol. The van der Waals surface area contributed by atoms with Crippen LogP contribution in [0.4, 0.5) is 0 Å². The summed E-state index contributed by atoms with van der Waals surface area (Å²) in [5.74, 6) is 0.743. The Hall–Kier alpha value is -2.28. The third kappa shape index (κ3) is 4.85. The second kappa shape index (κ2) is 8.20. The molecule has 1 aliphatic heterocycles. The fourth-order valence-electron chi connectivity index (χ4n) is 2.58. The molecule has 0 bridgehead atoms. The van der Waals surface area contributed by atoms with Crippen LogP contribution in [0.5, 0.6) is 11.5 Å². The summed E-state index contributed by atoms with van der Waals surface area (Å²) in [4.78, 5) is 26.1. The van der Waals surface area contributed by atoms with Crippen LogP contribution in [0.2, 0.25) is 0 Å². The Morgan fingerprint density at radius 3 is 2.64 bits per heavy atom. The second-order valence-corrected chi connectivity index (χ2v) is 6.12. The van der Waals surface area contributed by atoms with Crippen molar-refractivity contribution in [2.75, 3.05) is 39.5 Å². The van der Waals surface area contributed by atoms with E-state index in [-0.39, 0.29) is 18.4 Å². The number of ether oxygens (including phenoxy) is 3. The van der Waals surface area contributed by atoms with Gasteiger partial charge in [-0.25, -0.2) is 0 Å². The van der Waals surface area contributed by atoms with Crippen molar-refractivity contribution in [1.29, 1.82) is 0 Å². The zero-order chi connectivity index (χ0) is 17.6. The smallest absolute Gasteiger partial charge is 0.260 e.